The summed E-state index contributed by atoms with van der Waals surface area (Å²) in [6.45, 7) is 13.5. The van der Waals surface area contributed by atoms with Crippen LogP contribution in [0, 0.1) is 23.7 Å². The van der Waals surface area contributed by atoms with Crippen LogP contribution in [0.15, 0.2) is 30.3 Å². The molecule has 342 valence electrons. The van der Waals surface area contributed by atoms with E-state index in [1.165, 1.54) is 26.2 Å². The molecule has 1 fully saturated rings. The molecule has 0 aliphatic carbocycles. The molecule has 0 aromatic heterocycles. The number of methoxy groups -OCH3 is 2. The number of rotatable bonds is 25. The lowest BCUT2D eigenvalue weighted by Crippen LogP contribution is -2.59. The van der Waals surface area contributed by atoms with E-state index in [-0.39, 0.29) is 54.9 Å². The zero-order chi connectivity index (χ0) is 45.5. The van der Waals surface area contributed by atoms with Crippen LogP contribution in [0.3, 0.4) is 0 Å². The summed E-state index contributed by atoms with van der Waals surface area (Å²) in [5.74, 6) is -3.65. The zero-order valence-corrected chi connectivity index (χ0v) is 39.3. The fourth-order valence-corrected chi connectivity index (χ4v) is 8.99. The lowest BCUT2D eigenvalue weighted by molar-refractivity contribution is -0.148. The summed E-state index contributed by atoms with van der Waals surface area (Å²) in [5.41, 5.74) is 0.759. The minimum absolute atomic E-state index is 0.000137. The van der Waals surface area contributed by atoms with Gasteiger partial charge in [0.1, 0.15) is 18.1 Å². The van der Waals surface area contributed by atoms with Gasteiger partial charge in [-0.25, -0.2) is 4.31 Å². The highest BCUT2D eigenvalue weighted by Gasteiger charge is 2.43. The molecule has 4 N–H and O–H groups in total. The standard InChI is InChI=1S/C42H72N6O10S2/c1-13-28(6)37(46(8)42(53)35(26(2)3)45-41(52)36(27(4)5)47(9)59-12)33(57-10)25-34(49)48-22-17-20-32(48)38(58-11)29(7)39(50)44-31(24-30-18-15-14-16-19-30)40(51)43-21-23-60(54,55)56/h14-16,18-19,26-29,31-33,35-38H,13,17,20-25H2,1-12H3,(H,43,51)(H,44,50)(H,45,52)(H,54,55,56)/t28-,29+,31-,32-,33+,35-,36-,37-,38+/m0/s1. The third-order valence-corrected chi connectivity index (χ3v) is 13.2. The first-order valence-electron chi connectivity index (χ1n) is 20.9. The fraction of sp³-hybridized carbons (Fsp3) is 0.738. The van der Waals surface area contributed by atoms with Crippen molar-refractivity contribution in [3.8, 4) is 0 Å². The third-order valence-electron chi connectivity index (χ3n) is 11.6. The van der Waals surface area contributed by atoms with Crippen molar-refractivity contribution in [3.63, 3.8) is 0 Å². The van der Waals surface area contributed by atoms with Crippen molar-refractivity contribution in [2.24, 2.45) is 23.7 Å². The van der Waals surface area contributed by atoms with E-state index in [1.54, 1.807) is 48.0 Å². The number of nitrogens with one attached hydrogen (secondary N) is 3. The van der Waals surface area contributed by atoms with Crippen LogP contribution in [-0.4, -0.2) is 152 Å². The molecule has 1 aromatic carbocycles. The Labute approximate surface area is 362 Å². The third kappa shape index (κ3) is 15.3. The number of carbonyl (C=O) groups is 5. The summed E-state index contributed by atoms with van der Waals surface area (Å²) in [6.07, 6.45) is 2.45. The van der Waals surface area contributed by atoms with Gasteiger partial charge >= 0.3 is 0 Å². The Kier molecular flexibility index (Phi) is 22.0. The van der Waals surface area contributed by atoms with Gasteiger partial charge in [0.2, 0.25) is 29.5 Å². The Bertz CT molecular complexity index is 1650. The molecule has 0 saturated carbocycles. The van der Waals surface area contributed by atoms with E-state index in [2.05, 4.69) is 16.0 Å². The summed E-state index contributed by atoms with van der Waals surface area (Å²) >= 11 is 1.45. The largest absolute Gasteiger partial charge is 0.379 e. The summed E-state index contributed by atoms with van der Waals surface area (Å²) in [4.78, 5) is 72.7. The fourth-order valence-electron chi connectivity index (χ4n) is 8.07. The summed E-state index contributed by atoms with van der Waals surface area (Å²) in [7, 11) is 2.23. The molecule has 5 amide bonds. The van der Waals surface area contributed by atoms with Crippen molar-refractivity contribution >= 4 is 51.6 Å². The van der Waals surface area contributed by atoms with Crippen LogP contribution < -0.4 is 16.0 Å². The smallest absolute Gasteiger partial charge is 0.266 e. The highest BCUT2D eigenvalue weighted by molar-refractivity contribution is 7.96. The minimum Gasteiger partial charge on any atom is -0.379 e. The number of likely N-dealkylation sites (N-methyl/N-ethyl adjacent to an activating group) is 2. The van der Waals surface area contributed by atoms with E-state index in [1.807, 2.05) is 65.2 Å². The number of amides is 5. The maximum absolute atomic E-state index is 14.3. The normalized spacial score (nSPS) is 18.6. The molecule has 16 nitrogen and oxygen atoms in total. The second-order valence-corrected chi connectivity index (χ2v) is 19.1. The van der Waals surface area contributed by atoms with Crippen LogP contribution in [0.1, 0.15) is 79.7 Å². The Hall–Kier alpha value is -3.29. The van der Waals surface area contributed by atoms with Gasteiger partial charge in [0.15, 0.2) is 0 Å². The van der Waals surface area contributed by atoms with Gasteiger partial charge < -0.3 is 35.2 Å². The molecular formula is C42H72N6O10S2. The van der Waals surface area contributed by atoms with Crippen molar-refractivity contribution in [1.82, 2.24) is 30.1 Å². The summed E-state index contributed by atoms with van der Waals surface area (Å²) in [5, 5.41) is 8.33. The second kappa shape index (κ2) is 25.0. The van der Waals surface area contributed by atoms with Crippen molar-refractivity contribution in [1.29, 1.82) is 0 Å². The number of likely N-dealkylation sites (tertiary alicyclic amines) is 1. The Morgan fingerprint density at radius 3 is 2.08 bits per heavy atom. The average Bonchev–Trinajstić information content (AvgIpc) is 3.68. The molecule has 1 heterocycles. The van der Waals surface area contributed by atoms with Gasteiger partial charge in [-0.05, 0) is 49.5 Å². The molecule has 1 aromatic rings. The number of hydrogen-bond donors (Lipinski definition) is 4. The number of carbonyl (C=O) groups excluding carboxylic acids is 5. The molecule has 1 aliphatic rings. The first kappa shape index (κ1) is 52.8. The number of benzene rings is 1. The van der Waals surface area contributed by atoms with Crippen LogP contribution in [0.4, 0.5) is 0 Å². The van der Waals surface area contributed by atoms with Crippen molar-refractivity contribution in [3.05, 3.63) is 35.9 Å². The Morgan fingerprint density at radius 2 is 1.57 bits per heavy atom. The molecule has 0 bridgehead atoms. The first-order valence-corrected chi connectivity index (χ1v) is 23.7. The topological polar surface area (TPSA) is 204 Å². The maximum atomic E-state index is 14.3. The van der Waals surface area contributed by atoms with E-state index < -0.39 is 76.0 Å². The molecule has 60 heavy (non-hydrogen) atoms. The van der Waals surface area contributed by atoms with Gasteiger partial charge in [-0.1, -0.05) is 97.2 Å². The predicted octanol–water partition coefficient (Wildman–Crippen LogP) is 3.01. The lowest BCUT2D eigenvalue weighted by atomic mass is 9.89. The van der Waals surface area contributed by atoms with Crippen LogP contribution >= 0.6 is 11.9 Å². The number of hydrogen-bond acceptors (Lipinski definition) is 11. The monoisotopic (exact) mass is 884 g/mol. The van der Waals surface area contributed by atoms with Gasteiger partial charge in [-0.2, -0.15) is 8.42 Å². The average molecular weight is 885 g/mol. The minimum atomic E-state index is -4.32. The van der Waals surface area contributed by atoms with Gasteiger partial charge in [-0.3, -0.25) is 28.5 Å². The second-order valence-electron chi connectivity index (χ2n) is 16.6. The molecule has 18 heteroatoms. The highest BCUT2D eigenvalue weighted by Crippen LogP contribution is 2.30. The van der Waals surface area contributed by atoms with Gasteiger partial charge in [0.05, 0.1) is 42.4 Å². The van der Waals surface area contributed by atoms with Crippen molar-refractivity contribution in [2.45, 2.75) is 123 Å². The van der Waals surface area contributed by atoms with Crippen molar-refractivity contribution in [2.75, 3.05) is 53.4 Å². The van der Waals surface area contributed by atoms with Crippen molar-refractivity contribution < 1.29 is 46.4 Å². The number of nitrogens with zero attached hydrogens (tertiary/aromatic N) is 3. The van der Waals surface area contributed by atoms with Gasteiger partial charge in [-0.15, -0.1) is 0 Å². The van der Waals surface area contributed by atoms with E-state index in [9.17, 15) is 32.4 Å². The molecule has 2 rings (SSSR count). The van der Waals surface area contributed by atoms with Crippen LogP contribution in [0.5, 0.6) is 0 Å². The van der Waals surface area contributed by atoms with E-state index in [4.69, 9.17) is 14.0 Å². The van der Waals surface area contributed by atoms with Crippen LogP contribution in [-0.2, 0) is 50.0 Å². The SMILES string of the molecule is CC[C@H](C)[C@@H]([C@@H](CC(=O)N1CCC[C@H]1[C@H](OC)[C@@H](C)C(=O)N[C@@H](Cc1ccccc1)C(=O)NCCS(=O)(=O)O)OC)N(C)C(=O)[C@@H](NC(=O)[C@H](C(C)C)N(C)SC)C(C)C. The zero-order valence-electron chi connectivity index (χ0n) is 37.7. The van der Waals surface area contributed by atoms with Gasteiger partial charge in [0.25, 0.3) is 10.1 Å². The first-order chi connectivity index (χ1) is 28.1. The van der Waals surface area contributed by atoms with E-state index >= 15 is 0 Å². The predicted molar refractivity (Wildman–Crippen MR) is 234 cm³/mol. The van der Waals surface area contributed by atoms with E-state index in [0.717, 1.165) is 5.56 Å². The van der Waals surface area contributed by atoms with Crippen LogP contribution in [0.2, 0.25) is 0 Å². The van der Waals surface area contributed by atoms with Crippen LogP contribution in [0.25, 0.3) is 0 Å². The molecular weight excluding hydrogens is 813 g/mol. The molecule has 9 atom stereocenters. The summed E-state index contributed by atoms with van der Waals surface area (Å²) < 4.78 is 45.5. The summed E-state index contributed by atoms with van der Waals surface area (Å²) in [6, 6.07) is 5.69. The molecule has 0 spiro atoms. The van der Waals surface area contributed by atoms with Gasteiger partial charge in [0, 0.05) is 40.8 Å². The lowest BCUT2D eigenvalue weighted by Gasteiger charge is -2.41. The molecule has 0 unspecified atom stereocenters. The quantitative estimate of drug-likeness (QED) is 0.0828. The highest BCUT2D eigenvalue weighted by atomic mass is 32.2. The van der Waals surface area contributed by atoms with E-state index in [0.29, 0.717) is 25.8 Å². The maximum Gasteiger partial charge on any atom is 0.266 e. The number of ether oxygens (including phenoxy) is 2. The molecule has 1 aliphatic heterocycles. The Morgan fingerprint density at radius 1 is 0.933 bits per heavy atom. The molecule has 1 saturated heterocycles. The Balaban J connectivity index is 2.31. The molecule has 0 radical (unpaired) electrons.